The van der Waals surface area contributed by atoms with Gasteiger partial charge in [0.2, 0.25) is 17.7 Å². The number of carboxylic acid groups (broad SMARTS) is 1. The van der Waals surface area contributed by atoms with Gasteiger partial charge in [-0.15, -0.1) is 0 Å². The van der Waals surface area contributed by atoms with Crippen LogP contribution in [0.2, 0.25) is 0 Å². The van der Waals surface area contributed by atoms with Crippen molar-refractivity contribution in [3.63, 3.8) is 0 Å². The Balaban J connectivity index is 4.32. The first-order chi connectivity index (χ1) is 10.1. The minimum Gasteiger partial charge on any atom is -0.480 e. The number of carboxylic acids is 1. The minimum absolute atomic E-state index is 0.290. The first-order valence-corrected chi connectivity index (χ1v) is 6.92. The molecule has 0 spiro atoms. The lowest BCUT2D eigenvalue weighted by Crippen LogP contribution is -2.52. The van der Waals surface area contributed by atoms with E-state index in [4.69, 9.17) is 10.8 Å². The average Bonchev–Trinajstić information content (AvgIpc) is 2.40. The molecule has 3 amide bonds. The van der Waals surface area contributed by atoms with Crippen LogP contribution in [0.5, 0.6) is 0 Å². The van der Waals surface area contributed by atoms with Crippen molar-refractivity contribution in [3.8, 4) is 0 Å². The van der Waals surface area contributed by atoms with Crippen molar-refractivity contribution < 1.29 is 24.3 Å². The summed E-state index contributed by atoms with van der Waals surface area (Å²) in [6, 6.07) is -2.63. The molecule has 0 radical (unpaired) electrons. The number of rotatable bonds is 8. The van der Waals surface area contributed by atoms with Gasteiger partial charge in [-0.3, -0.25) is 14.4 Å². The van der Waals surface area contributed by atoms with Gasteiger partial charge in [0.05, 0.1) is 12.6 Å². The van der Waals surface area contributed by atoms with Crippen LogP contribution in [-0.2, 0) is 19.2 Å². The van der Waals surface area contributed by atoms with E-state index in [9.17, 15) is 19.2 Å². The molecule has 0 rings (SSSR count). The van der Waals surface area contributed by atoms with Crippen LogP contribution in [0.3, 0.4) is 0 Å². The van der Waals surface area contributed by atoms with Gasteiger partial charge in [0.15, 0.2) is 0 Å². The van der Waals surface area contributed by atoms with E-state index in [-0.39, 0.29) is 12.5 Å². The average molecular weight is 316 g/mol. The molecule has 0 saturated heterocycles. The largest absolute Gasteiger partial charge is 0.480 e. The van der Waals surface area contributed by atoms with Crippen molar-refractivity contribution in [2.24, 2.45) is 11.7 Å². The molecule has 9 nitrogen and oxygen atoms in total. The van der Waals surface area contributed by atoms with Crippen molar-refractivity contribution in [3.05, 3.63) is 0 Å². The first kappa shape index (κ1) is 19.8. The summed E-state index contributed by atoms with van der Waals surface area (Å²) in [5.41, 5.74) is 5.35. The van der Waals surface area contributed by atoms with Gasteiger partial charge in [-0.25, -0.2) is 4.79 Å². The molecule has 0 aromatic rings. The van der Waals surface area contributed by atoms with Gasteiger partial charge in [0.1, 0.15) is 12.1 Å². The fourth-order valence-corrected chi connectivity index (χ4v) is 1.47. The number of carbonyl (C=O) groups excluding carboxylic acids is 3. The Labute approximate surface area is 129 Å². The summed E-state index contributed by atoms with van der Waals surface area (Å²) in [5, 5.41) is 15.9. The zero-order chi connectivity index (χ0) is 17.4. The summed E-state index contributed by atoms with van der Waals surface area (Å²) in [4.78, 5) is 45.6. The lowest BCUT2D eigenvalue weighted by atomic mass is 10.1. The van der Waals surface area contributed by atoms with Gasteiger partial charge in [0, 0.05) is 0 Å². The number of hydrogen-bond acceptors (Lipinski definition) is 5. The lowest BCUT2D eigenvalue weighted by molar-refractivity contribution is -0.143. The second kappa shape index (κ2) is 8.98. The van der Waals surface area contributed by atoms with Gasteiger partial charge in [-0.2, -0.15) is 0 Å². The maximum absolute atomic E-state index is 11.7. The van der Waals surface area contributed by atoms with E-state index in [2.05, 4.69) is 16.0 Å². The summed E-state index contributed by atoms with van der Waals surface area (Å²) in [6.45, 7) is 5.85. The Morgan fingerprint density at radius 2 is 1.55 bits per heavy atom. The predicted octanol–water partition coefficient (Wildman–Crippen LogP) is -1.82. The van der Waals surface area contributed by atoms with Crippen LogP contribution >= 0.6 is 0 Å². The minimum atomic E-state index is -1.15. The Kier molecular flexibility index (Phi) is 8.10. The van der Waals surface area contributed by atoms with E-state index in [1.165, 1.54) is 13.8 Å². The smallest absolute Gasteiger partial charge is 0.326 e. The van der Waals surface area contributed by atoms with Crippen LogP contribution in [0.15, 0.2) is 0 Å². The number of carbonyl (C=O) groups is 4. The van der Waals surface area contributed by atoms with E-state index in [1.807, 2.05) is 0 Å². The van der Waals surface area contributed by atoms with Crippen molar-refractivity contribution in [2.45, 2.75) is 45.8 Å². The number of amides is 3. The summed E-state index contributed by atoms with van der Waals surface area (Å²) >= 11 is 0. The highest BCUT2D eigenvalue weighted by atomic mass is 16.4. The highest BCUT2D eigenvalue weighted by molar-refractivity contribution is 5.92. The van der Waals surface area contributed by atoms with Gasteiger partial charge >= 0.3 is 5.97 Å². The molecule has 0 bridgehead atoms. The quantitative estimate of drug-likeness (QED) is 0.356. The summed E-state index contributed by atoms with van der Waals surface area (Å²) in [6.07, 6.45) is 0. The normalized spacial score (nSPS) is 14.6. The highest BCUT2D eigenvalue weighted by Crippen LogP contribution is 2.01. The fourth-order valence-electron chi connectivity index (χ4n) is 1.47. The molecule has 9 heteroatoms. The summed E-state index contributed by atoms with van der Waals surface area (Å²) < 4.78 is 0. The molecule has 3 unspecified atom stereocenters. The van der Waals surface area contributed by atoms with Crippen molar-refractivity contribution in [1.82, 2.24) is 16.0 Å². The van der Waals surface area contributed by atoms with E-state index in [1.54, 1.807) is 13.8 Å². The molecular formula is C13H24N4O5. The van der Waals surface area contributed by atoms with Crippen molar-refractivity contribution in [2.75, 3.05) is 6.54 Å². The Morgan fingerprint density at radius 1 is 1.00 bits per heavy atom. The van der Waals surface area contributed by atoms with Crippen LogP contribution in [0.4, 0.5) is 0 Å². The zero-order valence-electron chi connectivity index (χ0n) is 13.2. The summed E-state index contributed by atoms with van der Waals surface area (Å²) in [5.74, 6) is -3.12. The molecule has 0 saturated carbocycles. The summed E-state index contributed by atoms with van der Waals surface area (Å²) in [7, 11) is 0. The molecule has 0 aromatic carbocycles. The topological polar surface area (TPSA) is 151 Å². The third-order valence-electron chi connectivity index (χ3n) is 2.84. The van der Waals surface area contributed by atoms with Crippen LogP contribution < -0.4 is 21.7 Å². The van der Waals surface area contributed by atoms with Crippen LogP contribution in [0, 0.1) is 5.92 Å². The lowest BCUT2D eigenvalue weighted by Gasteiger charge is -2.19. The zero-order valence-corrected chi connectivity index (χ0v) is 13.2. The number of nitrogens with one attached hydrogen (secondary N) is 3. The van der Waals surface area contributed by atoms with Gasteiger partial charge < -0.3 is 26.8 Å². The monoisotopic (exact) mass is 316 g/mol. The maximum atomic E-state index is 11.7. The molecule has 6 N–H and O–H groups in total. The van der Waals surface area contributed by atoms with Gasteiger partial charge in [-0.1, -0.05) is 13.8 Å². The number of aliphatic carboxylic acids is 1. The Morgan fingerprint density at radius 3 is 1.95 bits per heavy atom. The highest BCUT2D eigenvalue weighted by Gasteiger charge is 2.24. The maximum Gasteiger partial charge on any atom is 0.326 e. The molecule has 0 aliphatic rings. The first-order valence-electron chi connectivity index (χ1n) is 6.92. The molecule has 0 aliphatic carbocycles. The van der Waals surface area contributed by atoms with Gasteiger partial charge in [0.25, 0.3) is 0 Å². The van der Waals surface area contributed by atoms with Crippen LogP contribution in [0.25, 0.3) is 0 Å². The number of nitrogens with two attached hydrogens (primary N) is 1. The second-order valence-corrected chi connectivity index (χ2v) is 5.36. The SMILES string of the molecule is CC(N)C(=O)NC(C)C(=O)NCC(=O)NC(C(=O)O)C(C)C. The molecule has 3 atom stereocenters. The molecular weight excluding hydrogens is 292 g/mol. The molecule has 126 valence electrons. The van der Waals surface area contributed by atoms with E-state index >= 15 is 0 Å². The third-order valence-corrected chi connectivity index (χ3v) is 2.84. The fraction of sp³-hybridized carbons (Fsp3) is 0.692. The molecule has 0 aliphatic heterocycles. The van der Waals surface area contributed by atoms with Crippen molar-refractivity contribution >= 4 is 23.7 Å². The van der Waals surface area contributed by atoms with Crippen LogP contribution in [0.1, 0.15) is 27.7 Å². The predicted molar refractivity (Wildman–Crippen MR) is 78.7 cm³/mol. The number of hydrogen-bond donors (Lipinski definition) is 5. The van der Waals surface area contributed by atoms with Gasteiger partial charge in [-0.05, 0) is 19.8 Å². The molecule has 0 heterocycles. The standard InChI is InChI=1S/C13H24N4O5/c1-6(2)10(13(21)22)17-9(18)5-15-12(20)8(4)16-11(19)7(3)14/h6-8,10H,5,14H2,1-4H3,(H,15,20)(H,16,19)(H,17,18)(H,21,22). The second-order valence-electron chi connectivity index (χ2n) is 5.36. The molecule has 0 aromatic heterocycles. The van der Waals surface area contributed by atoms with E-state index < -0.39 is 41.8 Å². The van der Waals surface area contributed by atoms with E-state index in [0.717, 1.165) is 0 Å². The molecule has 0 fully saturated rings. The third kappa shape index (κ3) is 7.02. The van der Waals surface area contributed by atoms with Crippen molar-refractivity contribution in [1.29, 1.82) is 0 Å². The van der Waals surface area contributed by atoms with E-state index in [0.29, 0.717) is 0 Å². The molecule has 22 heavy (non-hydrogen) atoms. The van der Waals surface area contributed by atoms with Crippen LogP contribution in [-0.4, -0.2) is 53.5 Å². The Bertz CT molecular complexity index is 436. The Hall–Kier alpha value is -2.16.